The van der Waals surface area contributed by atoms with Crippen molar-refractivity contribution in [2.24, 2.45) is 0 Å². The molecule has 0 unspecified atom stereocenters. The number of rotatable bonds is 2. The van der Waals surface area contributed by atoms with Gasteiger partial charge in [0.25, 0.3) is 5.56 Å². The second kappa shape index (κ2) is 5.18. The predicted octanol–water partition coefficient (Wildman–Crippen LogP) is 2.98. The average Bonchev–Trinajstić information content (AvgIpc) is 2.33. The van der Waals surface area contributed by atoms with E-state index in [1.165, 1.54) is 6.07 Å². The molecule has 4 nitrogen and oxygen atoms in total. The lowest BCUT2D eigenvalue weighted by atomic mass is 10.3. The molecule has 1 aromatic carbocycles. The summed E-state index contributed by atoms with van der Waals surface area (Å²) in [6, 6.07) is 5.71. The largest absolute Gasteiger partial charge is 0.506 e. The van der Waals surface area contributed by atoms with Crippen LogP contribution in [0.4, 0.5) is 0 Å². The van der Waals surface area contributed by atoms with E-state index in [0.717, 1.165) is 10.7 Å². The summed E-state index contributed by atoms with van der Waals surface area (Å²) in [5.41, 5.74) is 0.169. The van der Waals surface area contributed by atoms with E-state index in [1.54, 1.807) is 12.1 Å². The molecule has 0 saturated carbocycles. The molecule has 0 radical (unpaired) electrons. The number of benzene rings is 1. The fourth-order valence-corrected chi connectivity index (χ4v) is 1.86. The van der Waals surface area contributed by atoms with E-state index in [9.17, 15) is 9.90 Å². The summed E-state index contributed by atoms with van der Waals surface area (Å²) in [4.78, 5) is 11.7. The molecular weight excluding hydrogens is 298 g/mol. The molecule has 2 rings (SSSR count). The van der Waals surface area contributed by atoms with Crippen molar-refractivity contribution in [2.75, 3.05) is 0 Å². The van der Waals surface area contributed by atoms with Crippen molar-refractivity contribution < 1.29 is 5.11 Å². The minimum absolute atomic E-state index is 0.00651. The minimum atomic E-state index is -0.486. The fourth-order valence-electron chi connectivity index (χ4n) is 1.38. The first-order chi connectivity index (χ1) is 8.52. The number of alkyl halides is 1. The Balaban J connectivity index is 2.63. The van der Waals surface area contributed by atoms with Crippen molar-refractivity contribution in [1.82, 2.24) is 9.78 Å². The Morgan fingerprint density at radius 2 is 1.94 bits per heavy atom. The highest BCUT2D eigenvalue weighted by atomic mass is 35.5. The predicted molar refractivity (Wildman–Crippen MR) is 71.1 cm³/mol. The number of aromatic hydroxyl groups is 1. The van der Waals surface area contributed by atoms with Crippen molar-refractivity contribution in [3.63, 3.8) is 0 Å². The van der Waals surface area contributed by atoms with Crippen molar-refractivity contribution in [3.05, 3.63) is 50.4 Å². The van der Waals surface area contributed by atoms with E-state index in [-0.39, 0.29) is 17.3 Å². The van der Waals surface area contributed by atoms with E-state index < -0.39 is 5.56 Å². The molecule has 1 aromatic heterocycles. The maximum atomic E-state index is 11.7. The first kappa shape index (κ1) is 13.2. The molecule has 18 heavy (non-hydrogen) atoms. The molecule has 0 bridgehead atoms. The number of nitrogens with zero attached hydrogens (tertiary/aromatic N) is 2. The maximum Gasteiger partial charge on any atom is 0.275 e. The summed E-state index contributed by atoms with van der Waals surface area (Å²) >= 11 is 17.3. The molecule has 0 fully saturated rings. The highest BCUT2D eigenvalue weighted by Gasteiger charge is 2.09. The Morgan fingerprint density at radius 3 is 2.56 bits per heavy atom. The number of hydrogen-bond acceptors (Lipinski definition) is 3. The summed E-state index contributed by atoms with van der Waals surface area (Å²) in [5, 5.41) is 14.1. The Hall–Kier alpha value is -1.23. The molecule has 7 heteroatoms. The quantitative estimate of drug-likeness (QED) is 0.868. The molecule has 0 atom stereocenters. The summed E-state index contributed by atoms with van der Waals surface area (Å²) in [7, 11) is 0. The van der Waals surface area contributed by atoms with Crippen LogP contribution in [0.5, 0.6) is 5.75 Å². The standard InChI is InChI=1S/C11H7Cl3N2O2/c12-5-9-10(17)4-11(18)16(15-9)6-1-2-7(13)8(14)3-6/h1-4,17H,5H2. The zero-order valence-electron chi connectivity index (χ0n) is 8.90. The first-order valence-corrected chi connectivity index (χ1v) is 6.15. The lowest BCUT2D eigenvalue weighted by molar-refractivity contribution is 0.460. The molecule has 1 heterocycles. The van der Waals surface area contributed by atoms with E-state index in [4.69, 9.17) is 34.8 Å². The third-order valence-electron chi connectivity index (χ3n) is 2.26. The maximum absolute atomic E-state index is 11.7. The van der Waals surface area contributed by atoms with Gasteiger partial charge in [-0.1, -0.05) is 23.2 Å². The molecule has 2 aromatic rings. The van der Waals surface area contributed by atoms with Gasteiger partial charge in [0, 0.05) is 6.07 Å². The molecular formula is C11H7Cl3N2O2. The summed E-state index contributed by atoms with van der Waals surface area (Å²) in [6.07, 6.45) is 0. The van der Waals surface area contributed by atoms with Crippen molar-refractivity contribution >= 4 is 34.8 Å². The topological polar surface area (TPSA) is 55.1 Å². The van der Waals surface area contributed by atoms with Crippen LogP contribution in [0.2, 0.25) is 10.0 Å². The highest BCUT2D eigenvalue weighted by Crippen LogP contribution is 2.24. The summed E-state index contributed by atoms with van der Waals surface area (Å²) < 4.78 is 1.10. The monoisotopic (exact) mass is 304 g/mol. The van der Waals surface area contributed by atoms with Crippen LogP contribution >= 0.6 is 34.8 Å². The molecule has 0 amide bonds. The van der Waals surface area contributed by atoms with Gasteiger partial charge < -0.3 is 5.11 Å². The number of aromatic nitrogens is 2. The van der Waals surface area contributed by atoms with Crippen LogP contribution in [-0.4, -0.2) is 14.9 Å². The third kappa shape index (κ3) is 2.46. The van der Waals surface area contributed by atoms with Crippen LogP contribution in [0, 0.1) is 0 Å². The van der Waals surface area contributed by atoms with Crippen LogP contribution in [0.15, 0.2) is 29.1 Å². The van der Waals surface area contributed by atoms with Gasteiger partial charge in [-0.15, -0.1) is 11.6 Å². The summed E-state index contributed by atoms with van der Waals surface area (Å²) in [5.74, 6) is -0.237. The van der Waals surface area contributed by atoms with E-state index in [0.29, 0.717) is 15.7 Å². The molecule has 0 aliphatic carbocycles. The smallest absolute Gasteiger partial charge is 0.275 e. The van der Waals surface area contributed by atoms with Crippen LogP contribution in [-0.2, 0) is 5.88 Å². The molecule has 0 spiro atoms. The molecule has 0 saturated heterocycles. The van der Waals surface area contributed by atoms with E-state index >= 15 is 0 Å². The van der Waals surface area contributed by atoms with Gasteiger partial charge >= 0.3 is 0 Å². The van der Waals surface area contributed by atoms with Gasteiger partial charge in [-0.05, 0) is 18.2 Å². The zero-order valence-corrected chi connectivity index (χ0v) is 11.2. The van der Waals surface area contributed by atoms with Crippen molar-refractivity contribution in [1.29, 1.82) is 0 Å². The minimum Gasteiger partial charge on any atom is -0.506 e. The SMILES string of the molecule is O=c1cc(O)c(CCl)nn1-c1ccc(Cl)c(Cl)c1. The fraction of sp³-hybridized carbons (Fsp3) is 0.0909. The molecule has 94 valence electrons. The first-order valence-electron chi connectivity index (χ1n) is 4.86. The second-order valence-corrected chi connectivity index (χ2v) is 4.54. The Morgan fingerprint density at radius 1 is 1.22 bits per heavy atom. The van der Waals surface area contributed by atoms with Gasteiger partial charge in [0.15, 0.2) is 0 Å². The molecule has 0 aliphatic heterocycles. The lowest BCUT2D eigenvalue weighted by Gasteiger charge is -2.08. The van der Waals surface area contributed by atoms with Crippen LogP contribution in [0.1, 0.15) is 5.69 Å². The van der Waals surface area contributed by atoms with Crippen LogP contribution < -0.4 is 5.56 Å². The highest BCUT2D eigenvalue weighted by molar-refractivity contribution is 6.42. The van der Waals surface area contributed by atoms with E-state index in [2.05, 4.69) is 5.10 Å². The average molecular weight is 306 g/mol. The van der Waals surface area contributed by atoms with Crippen LogP contribution in [0.25, 0.3) is 5.69 Å². The van der Waals surface area contributed by atoms with Gasteiger partial charge in [0.1, 0.15) is 11.4 Å². The Bertz CT molecular complexity index is 655. The van der Waals surface area contributed by atoms with E-state index in [1.807, 2.05) is 0 Å². The molecule has 0 aliphatic rings. The summed E-state index contributed by atoms with van der Waals surface area (Å²) in [6.45, 7) is 0. The van der Waals surface area contributed by atoms with Gasteiger partial charge in [0.05, 0.1) is 21.6 Å². The number of halogens is 3. The normalized spacial score (nSPS) is 10.6. The lowest BCUT2D eigenvalue weighted by Crippen LogP contribution is -2.21. The van der Waals surface area contributed by atoms with Gasteiger partial charge in [-0.3, -0.25) is 4.79 Å². The van der Waals surface area contributed by atoms with Gasteiger partial charge in [-0.25, -0.2) is 0 Å². The third-order valence-corrected chi connectivity index (χ3v) is 3.25. The van der Waals surface area contributed by atoms with Crippen molar-refractivity contribution in [3.8, 4) is 11.4 Å². The second-order valence-electron chi connectivity index (χ2n) is 3.46. The zero-order chi connectivity index (χ0) is 13.3. The van der Waals surface area contributed by atoms with Gasteiger partial charge in [-0.2, -0.15) is 9.78 Å². The van der Waals surface area contributed by atoms with Crippen molar-refractivity contribution in [2.45, 2.75) is 5.88 Å². The van der Waals surface area contributed by atoms with Crippen LogP contribution in [0.3, 0.4) is 0 Å². The van der Waals surface area contributed by atoms with Gasteiger partial charge in [0.2, 0.25) is 0 Å². The number of hydrogen-bond donors (Lipinski definition) is 1. The Labute approximate surface area is 117 Å². The molecule has 1 N–H and O–H groups in total. The Kier molecular flexibility index (Phi) is 3.80.